The van der Waals surface area contributed by atoms with Crippen molar-refractivity contribution in [3.63, 3.8) is 0 Å². The van der Waals surface area contributed by atoms with Crippen molar-refractivity contribution >= 4 is 11.9 Å². The number of hydrogen-bond donors (Lipinski definition) is 1. The van der Waals surface area contributed by atoms with Gasteiger partial charge in [0.2, 0.25) is 6.10 Å². The van der Waals surface area contributed by atoms with Gasteiger partial charge in [0.1, 0.15) is 17.1 Å². The summed E-state index contributed by atoms with van der Waals surface area (Å²) in [4.78, 5) is 27.2. The number of benzene rings is 2. The van der Waals surface area contributed by atoms with Crippen LogP contribution in [0.25, 0.3) is 0 Å². The smallest absolute Gasteiger partial charge is 0.343 e. The molecule has 1 atom stereocenters. The van der Waals surface area contributed by atoms with Crippen LogP contribution < -0.4 is 4.74 Å². The van der Waals surface area contributed by atoms with Crippen LogP contribution in [0.1, 0.15) is 22.0 Å². The summed E-state index contributed by atoms with van der Waals surface area (Å²) in [5, 5.41) is 10.1. The van der Waals surface area contributed by atoms with Gasteiger partial charge in [-0.05, 0) is 12.1 Å². The summed E-state index contributed by atoms with van der Waals surface area (Å²) in [6.07, 6.45) is -1.10. The van der Waals surface area contributed by atoms with Crippen molar-refractivity contribution in [1.29, 1.82) is 0 Å². The van der Waals surface area contributed by atoms with E-state index < -0.39 is 12.1 Å². The Morgan fingerprint density at radius 3 is 2.44 bits per heavy atom. The minimum atomic E-state index is -1.10. The number of amides is 1. The van der Waals surface area contributed by atoms with Gasteiger partial charge >= 0.3 is 5.97 Å². The first-order chi connectivity index (χ1) is 13.1. The number of phenols is 1. The van der Waals surface area contributed by atoms with Gasteiger partial charge in [-0.25, -0.2) is 4.79 Å². The predicted molar refractivity (Wildman–Crippen MR) is 96.7 cm³/mol. The molecule has 1 fully saturated rings. The maximum absolute atomic E-state index is 13.0. The molecule has 142 valence electrons. The van der Waals surface area contributed by atoms with Crippen molar-refractivity contribution in [3.8, 4) is 11.5 Å². The number of esters is 1. The maximum atomic E-state index is 13.0. The van der Waals surface area contributed by atoms with Gasteiger partial charge in [0.05, 0.1) is 20.3 Å². The van der Waals surface area contributed by atoms with E-state index in [9.17, 15) is 14.7 Å². The molecule has 1 saturated heterocycles. The minimum Gasteiger partial charge on any atom is -0.507 e. The third-order valence-electron chi connectivity index (χ3n) is 4.30. The zero-order valence-electron chi connectivity index (χ0n) is 15.0. The minimum absolute atomic E-state index is 0.0356. The fraction of sp³-hybridized carbons (Fsp3) is 0.300. The van der Waals surface area contributed by atoms with Crippen LogP contribution in [0, 0.1) is 0 Å². The first-order valence-electron chi connectivity index (χ1n) is 8.59. The Hall–Kier alpha value is -3.06. The molecular weight excluding hydrogens is 350 g/mol. The molecule has 0 radical (unpaired) electrons. The number of methoxy groups -OCH3 is 1. The topological polar surface area (TPSA) is 85.3 Å². The number of hydrogen-bond acceptors (Lipinski definition) is 6. The molecule has 0 saturated carbocycles. The first kappa shape index (κ1) is 18.7. The summed E-state index contributed by atoms with van der Waals surface area (Å²) in [7, 11) is 1.46. The molecule has 0 aromatic heterocycles. The molecule has 7 heteroatoms. The Morgan fingerprint density at radius 1 is 1.11 bits per heavy atom. The molecule has 0 unspecified atom stereocenters. The van der Waals surface area contributed by atoms with Crippen LogP contribution in [0.4, 0.5) is 0 Å². The molecule has 1 aliphatic heterocycles. The van der Waals surface area contributed by atoms with Gasteiger partial charge in [0, 0.05) is 24.7 Å². The number of phenolic OH excluding ortho intramolecular Hbond substituents is 1. The lowest BCUT2D eigenvalue weighted by Crippen LogP contribution is -2.44. The number of carbonyl (C=O) groups is 2. The van der Waals surface area contributed by atoms with E-state index in [2.05, 4.69) is 0 Å². The summed E-state index contributed by atoms with van der Waals surface area (Å²) in [6.45, 7) is 1.77. The van der Waals surface area contributed by atoms with Gasteiger partial charge in [-0.2, -0.15) is 0 Å². The van der Waals surface area contributed by atoms with Crippen LogP contribution in [-0.2, 0) is 14.3 Å². The lowest BCUT2D eigenvalue weighted by molar-refractivity contribution is -0.145. The highest BCUT2D eigenvalue weighted by atomic mass is 16.5. The third kappa shape index (κ3) is 4.38. The molecule has 1 aliphatic rings. The average Bonchev–Trinajstić information content (AvgIpc) is 2.72. The quantitative estimate of drug-likeness (QED) is 0.811. The van der Waals surface area contributed by atoms with Crippen LogP contribution in [-0.4, -0.2) is 55.3 Å². The zero-order valence-corrected chi connectivity index (χ0v) is 15.0. The molecule has 1 heterocycles. The Balaban J connectivity index is 1.85. The first-order valence-corrected chi connectivity index (χ1v) is 8.59. The molecule has 3 rings (SSSR count). The summed E-state index contributed by atoms with van der Waals surface area (Å²) in [6, 6.07) is 13.1. The van der Waals surface area contributed by atoms with Crippen LogP contribution >= 0.6 is 0 Å². The number of rotatable bonds is 5. The number of ether oxygens (including phenoxy) is 3. The summed E-state index contributed by atoms with van der Waals surface area (Å²) >= 11 is 0. The van der Waals surface area contributed by atoms with E-state index in [0.717, 1.165) is 0 Å². The van der Waals surface area contributed by atoms with Crippen molar-refractivity contribution < 1.29 is 28.9 Å². The second-order valence-corrected chi connectivity index (χ2v) is 6.02. The largest absolute Gasteiger partial charge is 0.507 e. The van der Waals surface area contributed by atoms with Gasteiger partial charge in [-0.3, -0.25) is 4.79 Å². The predicted octanol–water partition coefficient (Wildman–Crippen LogP) is 2.16. The second kappa shape index (κ2) is 8.55. The molecule has 7 nitrogen and oxygen atoms in total. The van der Waals surface area contributed by atoms with E-state index in [1.165, 1.54) is 25.3 Å². The second-order valence-electron chi connectivity index (χ2n) is 6.02. The number of carbonyl (C=O) groups excluding carboxylic acids is 2. The van der Waals surface area contributed by atoms with E-state index in [-0.39, 0.29) is 17.2 Å². The van der Waals surface area contributed by atoms with Crippen LogP contribution in [0.3, 0.4) is 0 Å². The molecular formula is C20H21NO6. The lowest BCUT2D eigenvalue weighted by Gasteiger charge is -2.30. The summed E-state index contributed by atoms with van der Waals surface area (Å²) < 4.78 is 15.8. The SMILES string of the molecule is COc1ccc(C(=O)O[C@@H](C(=O)N2CCOCC2)c2ccccc2)c(O)c1. The van der Waals surface area contributed by atoms with E-state index >= 15 is 0 Å². The maximum Gasteiger partial charge on any atom is 0.343 e. The molecule has 2 aromatic carbocycles. The molecule has 1 amide bonds. The van der Waals surface area contributed by atoms with Crippen LogP contribution in [0.5, 0.6) is 11.5 Å². The average molecular weight is 371 g/mol. The van der Waals surface area contributed by atoms with Crippen LogP contribution in [0.2, 0.25) is 0 Å². The van der Waals surface area contributed by atoms with Gasteiger partial charge in [-0.15, -0.1) is 0 Å². The molecule has 2 aromatic rings. The molecule has 1 N–H and O–H groups in total. The van der Waals surface area contributed by atoms with Gasteiger partial charge < -0.3 is 24.2 Å². The Bertz CT molecular complexity index is 801. The number of nitrogens with zero attached hydrogens (tertiary/aromatic N) is 1. The van der Waals surface area contributed by atoms with E-state index in [4.69, 9.17) is 14.2 Å². The fourth-order valence-corrected chi connectivity index (χ4v) is 2.82. The number of morpholine rings is 1. The van der Waals surface area contributed by atoms with E-state index in [1.54, 1.807) is 29.2 Å². The lowest BCUT2D eigenvalue weighted by atomic mass is 10.1. The molecule has 0 spiro atoms. The standard InChI is InChI=1S/C20H21NO6/c1-25-15-7-8-16(17(22)13-15)20(24)27-18(14-5-3-2-4-6-14)19(23)21-9-11-26-12-10-21/h2-8,13,18,22H,9-12H2,1H3/t18-/m1/s1. The van der Waals surface area contributed by atoms with Crippen molar-refractivity contribution in [2.75, 3.05) is 33.4 Å². The van der Waals surface area contributed by atoms with Crippen molar-refractivity contribution in [2.45, 2.75) is 6.10 Å². The molecule has 27 heavy (non-hydrogen) atoms. The van der Waals surface area contributed by atoms with E-state index in [0.29, 0.717) is 37.6 Å². The Kier molecular flexibility index (Phi) is 5.93. The van der Waals surface area contributed by atoms with E-state index in [1.807, 2.05) is 6.07 Å². The Morgan fingerprint density at radius 2 is 1.81 bits per heavy atom. The third-order valence-corrected chi connectivity index (χ3v) is 4.30. The van der Waals surface area contributed by atoms with Crippen molar-refractivity contribution in [3.05, 3.63) is 59.7 Å². The monoisotopic (exact) mass is 371 g/mol. The highest BCUT2D eigenvalue weighted by molar-refractivity contribution is 5.95. The van der Waals surface area contributed by atoms with Crippen LogP contribution in [0.15, 0.2) is 48.5 Å². The normalized spacial score (nSPS) is 15.1. The number of aromatic hydroxyl groups is 1. The molecule has 0 bridgehead atoms. The molecule has 0 aliphatic carbocycles. The van der Waals surface area contributed by atoms with Crippen molar-refractivity contribution in [1.82, 2.24) is 4.90 Å². The van der Waals surface area contributed by atoms with Crippen molar-refractivity contribution in [2.24, 2.45) is 0 Å². The van der Waals surface area contributed by atoms with Gasteiger partial charge in [-0.1, -0.05) is 30.3 Å². The van der Waals surface area contributed by atoms with Gasteiger partial charge in [0.25, 0.3) is 5.91 Å². The van der Waals surface area contributed by atoms with Gasteiger partial charge in [0.15, 0.2) is 0 Å². The summed E-state index contributed by atoms with van der Waals surface area (Å²) in [5.74, 6) is -0.963. The highest BCUT2D eigenvalue weighted by Gasteiger charge is 2.31. The fourth-order valence-electron chi connectivity index (χ4n) is 2.82. The summed E-state index contributed by atoms with van der Waals surface area (Å²) in [5.41, 5.74) is 0.529. The highest BCUT2D eigenvalue weighted by Crippen LogP contribution is 2.27. The Labute approximate surface area is 157 Å². The zero-order chi connectivity index (χ0) is 19.2.